The molecule has 0 bridgehead atoms. The number of anilines is 1. The molecule has 1 N–H and O–H groups in total. The first kappa shape index (κ1) is 22.6. The third-order valence-corrected chi connectivity index (χ3v) is 5.36. The zero-order chi connectivity index (χ0) is 23.9. The summed E-state index contributed by atoms with van der Waals surface area (Å²) >= 11 is 0. The highest BCUT2D eigenvalue weighted by atomic mass is 19.1. The van der Waals surface area contributed by atoms with Crippen molar-refractivity contribution >= 4 is 28.3 Å². The number of carbonyl (C=O) groups excluding carboxylic acids is 1. The summed E-state index contributed by atoms with van der Waals surface area (Å²) in [5.41, 5.74) is 1.43. The third-order valence-electron chi connectivity index (χ3n) is 5.36. The van der Waals surface area contributed by atoms with Gasteiger partial charge in [0.1, 0.15) is 17.3 Å². The maximum atomic E-state index is 15.0. The Bertz CT molecular complexity index is 1250. The van der Waals surface area contributed by atoms with E-state index in [1.54, 1.807) is 0 Å². The van der Waals surface area contributed by atoms with Gasteiger partial charge in [-0.15, -0.1) is 0 Å². The van der Waals surface area contributed by atoms with E-state index in [2.05, 4.69) is 0 Å². The molecule has 33 heavy (non-hydrogen) atoms. The molecule has 1 aliphatic rings. The minimum absolute atomic E-state index is 0.0837. The van der Waals surface area contributed by atoms with Crippen molar-refractivity contribution in [2.24, 2.45) is 0 Å². The summed E-state index contributed by atoms with van der Waals surface area (Å²) in [6.07, 6.45) is -0.607. The van der Waals surface area contributed by atoms with Crippen LogP contribution in [0.25, 0.3) is 10.8 Å². The number of halogens is 1. The molecule has 0 spiro atoms. The quantitative estimate of drug-likeness (QED) is 0.525. The van der Waals surface area contributed by atoms with Crippen LogP contribution in [0.2, 0.25) is 0 Å². The van der Waals surface area contributed by atoms with Crippen LogP contribution in [0.5, 0.6) is 11.5 Å². The normalized spacial score (nSPS) is 13.2. The fraction of sp³-hybridized carbons (Fsp3) is 0.308. The highest BCUT2D eigenvalue weighted by Crippen LogP contribution is 2.47. The van der Waals surface area contributed by atoms with E-state index < -0.39 is 11.8 Å². The monoisotopic (exact) mass is 451 g/mol. The predicted octanol–water partition coefficient (Wildman–Crippen LogP) is 5.34. The summed E-state index contributed by atoms with van der Waals surface area (Å²) in [5, 5.41) is 10.6. The molecule has 0 saturated carbocycles. The van der Waals surface area contributed by atoms with Gasteiger partial charge >= 0.3 is 5.97 Å². The van der Waals surface area contributed by atoms with Crippen LogP contribution in [0.1, 0.15) is 49.2 Å². The largest absolute Gasteiger partial charge is 0.490 e. The van der Waals surface area contributed by atoms with Crippen LogP contribution in [0.4, 0.5) is 10.1 Å². The molecule has 0 fully saturated rings. The average molecular weight is 451 g/mol. The van der Waals surface area contributed by atoms with Crippen LogP contribution in [0.3, 0.4) is 0 Å². The number of ether oxygens (including phenoxy) is 2. The molecule has 1 amide bonds. The van der Waals surface area contributed by atoms with Gasteiger partial charge in [-0.2, -0.15) is 0 Å². The van der Waals surface area contributed by atoms with Crippen LogP contribution in [-0.2, 0) is 17.8 Å². The Morgan fingerprint density at radius 3 is 2.21 bits per heavy atom. The lowest BCUT2D eigenvalue weighted by Gasteiger charge is -2.20. The molecule has 0 aromatic heterocycles. The molecule has 3 aromatic rings. The molecular formula is C26H26FNO5. The van der Waals surface area contributed by atoms with Gasteiger partial charge in [0.25, 0.3) is 5.91 Å². The van der Waals surface area contributed by atoms with Crippen molar-refractivity contribution in [1.29, 1.82) is 0 Å². The summed E-state index contributed by atoms with van der Waals surface area (Å²) in [6.45, 7) is 7.71. The van der Waals surface area contributed by atoms with E-state index in [4.69, 9.17) is 14.6 Å². The molecular weight excluding hydrogens is 425 g/mol. The number of nitrogens with zero attached hydrogens (tertiary/aromatic N) is 1. The zero-order valence-electron chi connectivity index (χ0n) is 19.0. The van der Waals surface area contributed by atoms with E-state index in [9.17, 15) is 14.0 Å². The van der Waals surface area contributed by atoms with Crippen molar-refractivity contribution in [3.63, 3.8) is 0 Å². The van der Waals surface area contributed by atoms with Gasteiger partial charge in [-0.1, -0.05) is 30.3 Å². The maximum absolute atomic E-state index is 15.0. The van der Waals surface area contributed by atoms with Gasteiger partial charge < -0.3 is 19.5 Å². The summed E-state index contributed by atoms with van der Waals surface area (Å²) in [5.74, 6) is -1.04. The van der Waals surface area contributed by atoms with Gasteiger partial charge in [-0.05, 0) is 45.4 Å². The number of hydrogen-bond acceptors (Lipinski definition) is 4. The Balaban J connectivity index is 1.89. The van der Waals surface area contributed by atoms with E-state index in [0.29, 0.717) is 28.2 Å². The fourth-order valence-electron chi connectivity index (χ4n) is 4.15. The Morgan fingerprint density at radius 1 is 1.03 bits per heavy atom. The van der Waals surface area contributed by atoms with Gasteiger partial charge in [-0.3, -0.25) is 9.59 Å². The minimum atomic E-state index is -1.05. The second-order valence-corrected chi connectivity index (χ2v) is 8.64. The molecule has 0 unspecified atom stereocenters. The second-order valence-electron chi connectivity index (χ2n) is 8.64. The van der Waals surface area contributed by atoms with Crippen molar-refractivity contribution in [1.82, 2.24) is 0 Å². The molecule has 0 atom stereocenters. The van der Waals surface area contributed by atoms with E-state index in [-0.39, 0.29) is 36.8 Å². The first-order chi connectivity index (χ1) is 15.7. The average Bonchev–Trinajstić information content (AvgIpc) is 3.06. The lowest BCUT2D eigenvalue weighted by Crippen LogP contribution is -2.24. The van der Waals surface area contributed by atoms with Crippen molar-refractivity contribution in [2.45, 2.75) is 52.9 Å². The molecule has 1 aliphatic heterocycles. The molecule has 4 rings (SSSR count). The number of rotatable bonds is 7. The molecule has 7 heteroatoms. The van der Waals surface area contributed by atoms with Crippen LogP contribution in [0, 0.1) is 5.82 Å². The Morgan fingerprint density at radius 2 is 1.64 bits per heavy atom. The van der Waals surface area contributed by atoms with Crippen molar-refractivity contribution in [2.75, 3.05) is 4.90 Å². The lowest BCUT2D eigenvalue weighted by molar-refractivity contribution is -0.136. The van der Waals surface area contributed by atoms with E-state index in [1.807, 2.05) is 52.0 Å². The predicted molar refractivity (Wildman–Crippen MR) is 124 cm³/mol. The maximum Gasteiger partial charge on any atom is 0.307 e. The number of carboxylic acid groups (broad SMARTS) is 1. The van der Waals surface area contributed by atoms with Crippen molar-refractivity contribution < 1.29 is 28.6 Å². The SMILES string of the molecule is CC(C)Oc1c2c(c(OC(C)C)c3ccccc13)C(=O)N(c1ccc(CC(=O)O)cc1F)C2. The van der Waals surface area contributed by atoms with Crippen LogP contribution in [-0.4, -0.2) is 29.2 Å². The van der Waals surface area contributed by atoms with E-state index in [0.717, 1.165) is 16.8 Å². The standard InChI is InChI=1S/C26H26FNO5/c1-14(2)32-24-17-7-5-6-8-18(17)25(33-15(3)4)23-19(24)13-28(26(23)31)21-10-9-16(11-20(21)27)12-22(29)30/h5-11,14-15H,12-13H2,1-4H3,(H,29,30). The van der Waals surface area contributed by atoms with E-state index >= 15 is 0 Å². The summed E-state index contributed by atoms with van der Waals surface area (Å²) in [6, 6.07) is 11.7. The molecule has 0 aliphatic carbocycles. The first-order valence-electron chi connectivity index (χ1n) is 10.9. The summed E-state index contributed by atoms with van der Waals surface area (Å²) in [4.78, 5) is 25.9. The van der Waals surface area contributed by atoms with Crippen molar-refractivity contribution in [3.8, 4) is 11.5 Å². The fourth-order valence-corrected chi connectivity index (χ4v) is 4.15. The number of amides is 1. The van der Waals surface area contributed by atoms with Gasteiger partial charge in [0, 0.05) is 16.3 Å². The van der Waals surface area contributed by atoms with Crippen LogP contribution in [0.15, 0.2) is 42.5 Å². The number of hydrogen-bond donors (Lipinski definition) is 1. The van der Waals surface area contributed by atoms with Gasteiger partial charge in [0.15, 0.2) is 0 Å². The third kappa shape index (κ3) is 4.23. The lowest BCUT2D eigenvalue weighted by atomic mass is 9.99. The zero-order valence-corrected chi connectivity index (χ0v) is 19.0. The Kier molecular flexibility index (Phi) is 5.97. The molecule has 172 valence electrons. The smallest absolute Gasteiger partial charge is 0.307 e. The minimum Gasteiger partial charge on any atom is -0.490 e. The molecule has 0 saturated heterocycles. The van der Waals surface area contributed by atoms with Crippen LogP contribution < -0.4 is 14.4 Å². The molecule has 6 nitrogen and oxygen atoms in total. The van der Waals surface area contributed by atoms with Crippen molar-refractivity contribution in [3.05, 3.63) is 65.0 Å². The molecule has 3 aromatic carbocycles. The number of carboxylic acids is 1. The first-order valence-corrected chi connectivity index (χ1v) is 10.9. The Hall–Kier alpha value is -3.61. The second kappa shape index (κ2) is 8.73. The summed E-state index contributed by atoms with van der Waals surface area (Å²) in [7, 11) is 0. The number of carbonyl (C=O) groups is 2. The number of aliphatic carboxylic acids is 1. The summed E-state index contributed by atoms with van der Waals surface area (Å²) < 4.78 is 27.3. The van der Waals surface area contributed by atoms with Gasteiger partial charge in [-0.25, -0.2) is 4.39 Å². The van der Waals surface area contributed by atoms with Gasteiger partial charge in [0.05, 0.1) is 36.4 Å². The highest BCUT2D eigenvalue weighted by molar-refractivity contribution is 6.17. The Labute approximate surface area is 191 Å². The van der Waals surface area contributed by atoms with Gasteiger partial charge in [0.2, 0.25) is 0 Å². The number of benzene rings is 3. The van der Waals surface area contributed by atoms with E-state index in [1.165, 1.54) is 17.0 Å². The van der Waals surface area contributed by atoms with Crippen LogP contribution >= 0.6 is 0 Å². The number of fused-ring (bicyclic) bond motifs is 2. The molecule has 1 heterocycles. The molecule has 0 radical (unpaired) electrons. The highest BCUT2D eigenvalue weighted by Gasteiger charge is 2.38. The topological polar surface area (TPSA) is 76.1 Å².